The second-order valence-corrected chi connectivity index (χ2v) is 7.32. The van der Waals surface area contributed by atoms with E-state index in [1.54, 1.807) is 42.5 Å². The number of para-hydroxylation sites is 1. The van der Waals surface area contributed by atoms with Gasteiger partial charge in [-0.2, -0.15) is 4.98 Å². The molecule has 4 rings (SSSR count). The second-order valence-electron chi connectivity index (χ2n) is 6.48. The zero-order valence-electron chi connectivity index (χ0n) is 15.0. The van der Waals surface area contributed by atoms with Crippen LogP contribution in [0.1, 0.15) is 19.8 Å². The molecule has 7 heteroatoms. The molecule has 0 aliphatic carbocycles. The molecule has 0 fully saturated rings. The summed E-state index contributed by atoms with van der Waals surface area (Å²) in [6, 6.07) is 11.8. The van der Waals surface area contributed by atoms with Gasteiger partial charge in [-0.05, 0) is 36.8 Å². The predicted molar refractivity (Wildman–Crippen MR) is 112 cm³/mol. The molecule has 28 heavy (non-hydrogen) atoms. The highest BCUT2D eigenvalue weighted by molar-refractivity contribution is 6.36. The van der Waals surface area contributed by atoms with E-state index in [0.29, 0.717) is 38.9 Å². The van der Waals surface area contributed by atoms with Crippen LogP contribution in [0.5, 0.6) is 0 Å². The number of benzene rings is 2. The van der Waals surface area contributed by atoms with E-state index in [-0.39, 0.29) is 16.5 Å². The predicted octanol–water partition coefficient (Wildman–Crippen LogP) is 5.28. The fourth-order valence-corrected chi connectivity index (χ4v) is 3.68. The smallest absolute Gasteiger partial charge is 0.269 e. The van der Waals surface area contributed by atoms with Crippen LogP contribution in [-0.2, 0) is 6.54 Å². The fraction of sp³-hybridized carbons (Fsp3) is 0.190. The average molecular weight is 415 g/mol. The van der Waals surface area contributed by atoms with Crippen molar-refractivity contribution in [1.29, 1.82) is 0 Å². The first-order chi connectivity index (χ1) is 13.5. The quantitative estimate of drug-likeness (QED) is 0.426. The van der Waals surface area contributed by atoms with Crippen LogP contribution < -0.4 is 11.0 Å². The van der Waals surface area contributed by atoms with E-state index in [1.165, 1.54) is 4.57 Å². The van der Waals surface area contributed by atoms with Crippen LogP contribution >= 0.6 is 23.2 Å². The minimum Gasteiger partial charge on any atom is -0.437 e. The summed E-state index contributed by atoms with van der Waals surface area (Å²) in [6.45, 7) is 2.44. The topological polar surface area (TPSA) is 65.1 Å². The van der Waals surface area contributed by atoms with Crippen molar-refractivity contribution in [3.8, 4) is 11.4 Å². The summed E-state index contributed by atoms with van der Waals surface area (Å²) >= 11 is 12.4. The molecule has 0 saturated carbocycles. The molecule has 0 atom stereocenters. The molecular weight excluding hydrogens is 399 g/mol. The molecule has 4 aromatic rings. The SMILES string of the molecule is CCCCn1c(-c2ccc(Cl)cc2Cl)nc2oc3ccccc3c(=O)c2c1=O. The average Bonchev–Trinajstić information content (AvgIpc) is 2.67. The Morgan fingerprint density at radius 1 is 1.11 bits per heavy atom. The lowest BCUT2D eigenvalue weighted by Crippen LogP contribution is -2.27. The zero-order valence-corrected chi connectivity index (χ0v) is 16.5. The Kier molecular flexibility index (Phi) is 4.96. The largest absolute Gasteiger partial charge is 0.437 e. The number of nitrogens with zero attached hydrogens (tertiary/aromatic N) is 2. The normalized spacial score (nSPS) is 11.4. The van der Waals surface area contributed by atoms with Crippen molar-refractivity contribution in [2.75, 3.05) is 0 Å². The van der Waals surface area contributed by atoms with Gasteiger partial charge >= 0.3 is 0 Å². The number of aromatic nitrogens is 2. The monoisotopic (exact) mass is 414 g/mol. The van der Waals surface area contributed by atoms with Crippen molar-refractivity contribution in [3.05, 3.63) is 73.1 Å². The maximum atomic E-state index is 13.3. The number of unbranched alkanes of at least 4 members (excludes halogenated alkanes) is 1. The Hall–Kier alpha value is -2.63. The van der Waals surface area contributed by atoms with Crippen molar-refractivity contribution >= 4 is 45.3 Å². The Labute approximate surface area is 170 Å². The molecule has 0 N–H and O–H groups in total. The Morgan fingerprint density at radius 3 is 2.64 bits per heavy atom. The van der Waals surface area contributed by atoms with Gasteiger partial charge < -0.3 is 4.42 Å². The molecule has 0 saturated heterocycles. The van der Waals surface area contributed by atoms with E-state index in [2.05, 4.69) is 4.98 Å². The standard InChI is InChI=1S/C21H16Cl2N2O3/c1-2-3-10-25-19(13-9-8-12(22)11-15(13)23)24-20-17(21(25)27)18(26)14-6-4-5-7-16(14)28-20/h4-9,11H,2-3,10H2,1H3. The highest BCUT2D eigenvalue weighted by Crippen LogP contribution is 2.30. The number of rotatable bonds is 4. The third-order valence-corrected chi connectivity index (χ3v) is 5.16. The van der Waals surface area contributed by atoms with Crippen LogP contribution in [0.25, 0.3) is 33.5 Å². The zero-order chi connectivity index (χ0) is 19.8. The fourth-order valence-electron chi connectivity index (χ4n) is 3.19. The van der Waals surface area contributed by atoms with Crippen LogP contribution in [0.4, 0.5) is 0 Å². The molecule has 0 amide bonds. The highest BCUT2D eigenvalue weighted by atomic mass is 35.5. The van der Waals surface area contributed by atoms with Gasteiger partial charge in [0.15, 0.2) is 5.39 Å². The summed E-state index contributed by atoms with van der Waals surface area (Å²) in [6.07, 6.45) is 1.63. The minimum atomic E-state index is -0.432. The molecule has 2 heterocycles. The summed E-state index contributed by atoms with van der Waals surface area (Å²) < 4.78 is 7.29. The molecule has 5 nitrogen and oxygen atoms in total. The van der Waals surface area contributed by atoms with Crippen molar-refractivity contribution in [2.24, 2.45) is 0 Å². The lowest BCUT2D eigenvalue weighted by Gasteiger charge is -2.14. The summed E-state index contributed by atoms with van der Waals surface area (Å²) in [5.74, 6) is 0.353. The first-order valence-corrected chi connectivity index (χ1v) is 9.68. The van der Waals surface area contributed by atoms with Gasteiger partial charge in [-0.1, -0.05) is 48.7 Å². The van der Waals surface area contributed by atoms with Gasteiger partial charge in [0, 0.05) is 17.1 Å². The van der Waals surface area contributed by atoms with E-state index in [1.807, 2.05) is 6.92 Å². The van der Waals surface area contributed by atoms with Gasteiger partial charge in [0.1, 0.15) is 11.4 Å². The number of halogens is 2. The molecule has 0 aliphatic heterocycles. The number of hydrogen-bond donors (Lipinski definition) is 0. The second kappa shape index (κ2) is 7.41. The van der Waals surface area contributed by atoms with Crippen LogP contribution in [0.3, 0.4) is 0 Å². The molecule has 142 valence electrons. The van der Waals surface area contributed by atoms with E-state index in [4.69, 9.17) is 27.6 Å². The van der Waals surface area contributed by atoms with Gasteiger partial charge in [0.05, 0.1) is 10.4 Å². The molecular formula is C21H16Cl2N2O3. The molecule has 0 aliphatic rings. The van der Waals surface area contributed by atoms with Gasteiger partial charge in [-0.3, -0.25) is 14.2 Å². The Morgan fingerprint density at radius 2 is 1.89 bits per heavy atom. The molecule has 2 aromatic heterocycles. The third-order valence-electron chi connectivity index (χ3n) is 4.61. The number of hydrogen-bond acceptors (Lipinski definition) is 4. The summed E-state index contributed by atoms with van der Waals surface area (Å²) in [4.78, 5) is 30.7. The number of fused-ring (bicyclic) bond motifs is 2. The van der Waals surface area contributed by atoms with Gasteiger partial charge in [0.25, 0.3) is 5.56 Å². The minimum absolute atomic E-state index is 0.00228. The summed E-state index contributed by atoms with van der Waals surface area (Å²) in [7, 11) is 0. The van der Waals surface area contributed by atoms with Gasteiger partial charge in [-0.15, -0.1) is 0 Å². The molecule has 0 unspecified atom stereocenters. The summed E-state index contributed by atoms with van der Waals surface area (Å²) in [5, 5.41) is 1.15. The third kappa shape index (κ3) is 3.11. The summed E-state index contributed by atoms with van der Waals surface area (Å²) in [5.41, 5.74) is 0.123. The Bertz CT molecular complexity index is 1330. The first-order valence-electron chi connectivity index (χ1n) is 8.93. The first kappa shape index (κ1) is 18.7. The van der Waals surface area contributed by atoms with E-state index in [0.717, 1.165) is 12.8 Å². The highest BCUT2D eigenvalue weighted by Gasteiger charge is 2.20. The lowest BCUT2D eigenvalue weighted by atomic mass is 10.1. The van der Waals surface area contributed by atoms with Crippen molar-refractivity contribution < 1.29 is 4.42 Å². The van der Waals surface area contributed by atoms with E-state index in [9.17, 15) is 9.59 Å². The van der Waals surface area contributed by atoms with E-state index >= 15 is 0 Å². The van der Waals surface area contributed by atoms with Crippen molar-refractivity contribution in [2.45, 2.75) is 26.3 Å². The van der Waals surface area contributed by atoms with Crippen LogP contribution in [0, 0.1) is 0 Å². The van der Waals surface area contributed by atoms with Crippen LogP contribution in [-0.4, -0.2) is 9.55 Å². The maximum absolute atomic E-state index is 13.3. The van der Waals surface area contributed by atoms with E-state index < -0.39 is 5.56 Å². The van der Waals surface area contributed by atoms with Crippen molar-refractivity contribution in [1.82, 2.24) is 9.55 Å². The molecule has 0 spiro atoms. The molecule has 0 radical (unpaired) electrons. The molecule has 2 aromatic carbocycles. The van der Waals surface area contributed by atoms with Crippen LogP contribution in [0.15, 0.2) is 56.5 Å². The Balaban J connectivity index is 2.12. The van der Waals surface area contributed by atoms with Gasteiger partial charge in [0.2, 0.25) is 11.1 Å². The lowest BCUT2D eigenvalue weighted by molar-refractivity contribution is 0.599. The van der Waals surface area contributed by atoms with Crippen LogP contribution in [0.2, 0.25) is 10.0 Å². The van der Waals surface area contributed by atoms with Gasteiger partial charge in [-0.25, -0.2) is 0 Å². The maximum Gasteiger partial charge on any atom is 0.269 e. The van der Waals surface area contributed by atoms with Crippen molar-refractivity contribution in [3.63, 3.8) is 0 Å². The molecule has 0 bridgehead atoms.